The largest absolute Gasteiger partial charge is 0.261 e. The number of nitrogens with zero attached hydrogens (tertiary/aromatic N) is 2. The van der Waals surface area contributed by atoms with E-state index in [1.54, 1.807) is 24.4 Å². The number of hydrazone groups is 1. The quantitative estimate of drug-likeness (QED) is 0.515. The lowest BCUT2D eigenvalue weighted by Crippen LogP contribution is -1.94. The second-order valence-corrected chi connectivity index (χ2v) is 4.53. The van der Waals surface area contributed by atoms with Crippen LogP contribution in [0.4, 0.5) is 5.82 Å². The summed E-state index contributed by atoms with van der Waals surface area (Å²) in [5, 5.41) is 5.29. The summed E-state index contributed by atoms with van der Waals surface area (Å²) in [5.41, 5.74) is 3.33. The summed E-state index contributed by atoms with van der Waals surface area (Å²) in [4.78, 5) is 4.06. The van der Waals surface area contributed by atoms with Crippen molar-refractivity contribution < 1.29 is 0 Å². The van der Waals surface area contributed by atoms with Gasteiger partial charge in [0, 0.05) is 11.8 Å². The number of anilines is 1. The lowest BCUT2D eigenvalue weighted by Gasteiger charge is -2.03. The Morgan fingerprint density at radius 3 is 2.56 bits per heavy atom. The van der Waals surface area contributed by atoms with E-state index in [4.69, 9.17) is 34.8 Å². The summed E-state index contributed by atoms with van der Waals surface area (Å²) in [6.45, 7) is 0. The van der Waals surface area contributed by atoms with E-state index in [9.17, 15) is 0 Å². The van der Waals surface area contributed by atoms with Crippen LogP contribution >= 0.6 is 34.8 Å². The molecule has 2 rings (SSSR count). The maximum Gasteiger partial charge on any atom is 0.146 e. The van der Waals surface area contributed by atoms with Crippen LogP contribution in [0.5, 0.6) is 0 Å². The van der Waals surface area contributed by atoms with E-state index in [-0.39, 0.29) is 0 Å². The molecule has 1 N–H and O–H groups in total. The lowest BCUT2D eigenvalue weighted by atomic mass is 10.2. The third-order valence-electron chi connectivity index (χ3n) is 2.12. The minimum Gasteiger partial charge on any atom is -0.261 e. The Hall–Kier alpha value is -1.29. The van der Waals surface area contributed by atoms with Gasteiger partial charge in [0.25, 0.3) is 0 Å². The molecule has 6 heteroatoms. The van der Waals surface area contributed by atoms with Crippen molar-refractivity contribution in [1.82, 2.24) is 4.98 Å². The Morgan fingerprint density at radius 1 is 1.06 bits per heavy atom. The van der Waals surface area contributed by atoms with Crippen molar-refractivity contribution in [3.63, 3.8) is 0 Å². The molecule has 0 atom stereocenters. The molecule has 0 bridgehead atoms. The van der Waals surface area contributed by atoms with Crippen LogP contribution in [0.1, 0.15) is 5.56 Å². The molecule has 0 saturated heterocycles. The molecule has 3 nitrogen and oxygen atoms in total. The average molecular weight is 301 g/mol. The molecule has 0 unspecified atom stereocenters. The van der Waals surface area contributed by atoms with E-state index in [0.717, 1.165) is 0 Å². The van der Waals surface area contributed by atoms with Crippen LogP contribution in [0.15, 0.2) is 41.6 Å². The van der Waals surface area contributed by atoms with Gasteiger partial charge in [-0.05, 0) is 24.3 Å². The van der Waals surface area contributed by atoms with Crippen molar-refractivity contribution in [2.24, 2.45) is 5.10 Å². The van der Waals surface area contributed by atoms with Gasteiger partial charge in [-0.25, -0.2) is 4.98 Å². The summed E-state index contributed by atoms with van der Waals surface area (Å²) in [7, 11) is 0. The first kappa shape index (κ1) is 13.1. The Balaban J connectivity index is 2.17. The molecule has 92 valence electrons. The molecular formula is C12H8Cl3N3. The molecule has 18 heavy (non-hydrogen) atoms. The molecule has 0 aliphatic carbocycles. The summed E-state index contributed by atoms with van der Waals surface area (Å²) in [5.74, 6) is 0.628. The molecule has 0 fully saturated rings. The van der Waals surface area contributed by atoms with Crippen molar-refractivity contribution in [1.29, 1.82) is 0 Å². The van der Waals surface area contributed by atoms with E-state index < -0.39 is 0 Å². The zero-order chi connectivity index (χ0) is 13.0. The summed E-state index contributed by atoms with van der Waals surface area (Å²) >= 11 is 17.9. The van der Waals surface area contributed by atoms with Gasteiger partial charge in [0.1, 0.15) is 5.82 Å². The maximum absolute atomic E-state index is 6.03. The fourth-order valence-corrected chi connectivity index (χ4v) is 1.89. The molecule has 0 saturated carbocycles. The summed E-state index contributed by atoms with van der Waals surface area (Å²) in [6.07, 6.45) is 3.17. The first-order chi connectivity index (χ1) is 8.68. The SMILES string of the molecule is Clc1ccc(Cl)c(/C=N/Nc2ccccn2)c1Cl. The molecule has 1 aromatic carbocycles. The van der Waals surface area contributed by atoms with Crippen molar-refractivity contribution >= 4 is 46.8 Å². The first-order valence-electron chi connectivity index (χ1n) is 5.02. The van der Waals surface area contributed by atoms with E-state index in [2.05, 4.69) is 15.5 Å². The van der Waals surface area contributed by atoms with E-state index in [1.165, 1.54) is 6.21 Å². The van der Waals surface area contributed by atoms with Gasteiger partial charge < -0.3 is 0 Å². The number of halogens is 3. The monoisotopic (exact) mass is 299 g/mol. The fourth-order valence-electron chi connectivity index (χ4n) is 1.25. The number of benzene rings is 1. The predicted octanol–water partition coefficient (Wildman–Crippen LogP) is 4.49. The first-order valence-corrected chi connectivity index (χ1v) is 6.15. The Bertz CT molecular complexity index is 570. The number of aromatic nitrogens is 1. The van der Waals surface area contributed by atoms with Crippen LogP contribution in [0.25, 0.3) is 0 Å². The number of rotatable bonds is 3. The van der Waals surface area contributed by atoms with Crippen LogP contribution in [0.2, 0.25) is 15.1 Å². The smallest absolute Gasteiger partial charge is 0.146 e. The zero-order valence-corrected chi connectivity index (χ0v) is 11.3. The Kier molecular flexibility index (Phi) is 4.42. The van der Waals surface area contributed by atoms with Gasteiger partial charge in [0.2, 0.25) is 0 Å². The molecule has 1 aromatic heterocycles. The molecule has 0 spiro atoms. The van der Waals surface area contributed by atoms with Gasteiger partial charge in [-0.3, -0.25) is 5.43 Å². The van der Waals surface area contributed by atoms with Gasteiger partial charge >= 0.3 is 0 Å². The lowest BCUT2D eigenvalue weighted by molar-refractivity contribution is 1.23. The highest BCUT2D eigenvalue weighted by Crippen LogP contribution is 2.29. The van der Waals surface area contributed by atoms with Crippen molar-refractivity contribution in [3.8, 4) is 0 Å². The highest BCUT2D eigenvalue weighted by atomic mass is 35.5. The maximum atomic E-state index is 6.03. The summed E-state index contributed by atoms with van der Waals surface area (Å²) < 4.78 is 0. The molecule has 1 heterocycles. The van der Waals surface area contributed by atoms with Gasteiger partial charge in [0.15, 0.2) is 0 Å². The Morgan fingerprint density at radius 2 is 1.83 bits per heavy atom. The van der Waals surface area contributed by atoms with Crippen molar-refractivity contribution in [2.75, 3.05) is 5.43 Å². The third kappa shape index (κ3) is 3.13. The second kappa shape index (κ2) is 6.05. The zero-order valence-electron chi connectivity index (χ0n) is 9.07. The minimum atomic E-state index is 0.371. The van der Waals surface area contributed by atoms with Crippen LogP contribution in [-0.4, -0.2) is 11.2 Å². The van der Waals surface area contributed by atoms with Crippen molar-refractivity contribution in [3.05, 3.63) is 57.2 Å². The number of hydrogen-bond acceptors (Lipinski definition) is 3. The standard InChI is InChI=1S/C12H8Cl3N3/c13-9-4-5-10(14)12(15)8(9)7-17-18-11-3-1-2-6-16-11/h1-7H,(H,16,18)/b17-7+. The van der Waals surface area contributed by atoms with Crippen LogP contribution in [-0.2, 0) is 0 Å². The average Bonchev–Trinajstić information content (AvgIpc) is 2.39. The number of hydrogen-bond donors (Lipinski definition) is 1. The summed E-state index contributed by atoms with van der Waals surface area (Å²) in [6, 6.07) is 8.76. The van der Waals surface area contributed by atoms with E-state index in [0.29, 0.717) is 26.4 Å². The van der Waals surface area contributed by atoms with Crippen LogP contribution < -0.4 is 5.43 Å². The third-order valence-corrected chi connectivity index (χ3v) is 3.27. The molecular weight excluding hydrogens is 293 g/mol. The van der Waals surface area contributed by atoms with Gasteiger partial charge in [-0.1, -0.05) is 40.9 Å². The molecule has 2 aromatic rings. The van der Waals surface area contributed by atoms with Gasteiger partial charge in [-0.2, -0.15) is 5.10 Å². The molecule has 0 radical (unpaired) electrons. The molecule has 0 amide bonds. The van der Waals surface area contributed by atoms with Gasteiger partial charge in [-0.15, -0.1) is 0 Å². The highest BCUT2D eigenvalue weighted by molar-refractivity contribution is 6.45. The predicted molar refractivity (Wildman–Crippen MR) is 76.9 cm³/mol. The minimum absolute atomic E-state index is 0.371. The fraction of sp³-hybridized carbons (Fsp3) is 0. The number of nitrogens with one attached hydrogen (secondary N) is 1. The van der Waals surface area contributed by atoms with Crippen LogP contribution in [0.3, 0.4) is 0 Å². The Labute approximate surface area is 119 Å². The van der Waals surface area contributed by atoms with Crippen LogP contribution in [0, 0.1) is 0 Å². The van der Waals surface area contributed by atoms with Crippen molar-refractivity contribution in [2.45, 2.75) is 0 Å². The topological polar surface area (TPSA) is 37.3 Å². The van der Waals surface area contributed by atoms with Gasteiger partial charge in [0.05, 0.1) is 21.3 Å². The second-order valence-electron chi connectivity index (χ2n) is 3.34. The van der Waals surface area contributed by atoms with E-state index >= 15 is 0 Å². The molecule has 0 aliphatic heterocycles. The van der Waals surface area contributed by atoms with E-state index in [1.807, 2.05) is 12.1 Å². The highest BCUT2D eigenvalue weighted by Gasteiger charge is 2.07. The number of pyridine rings is 1. The normalized spacial score (nSPS) is 10.8. The molecule has 0 aliphatic rings.